The van der Waals surface area contributed by atoms with Gasteiger partial charge in [-0.05, 0) is 29.8 Å². The molecule has 5 rings (SSSR count). The van der Waals surface area contributed by atoms with Gasteiger partial charge in [-0.3, -0.25) is 0 Å². The molecule has 1 unspecified atom stereocenters. The Hall–Kier alpha value is -4.61. The van der Waals surface area contributed by atoms with Gasteiger partial charge in [0.1, 0.15) is 11.5 Å². The SMILES string of the molecule is N#Cc1cc(F)cc(C2CC=NN2C(=O)N2CCN(c3ncc(F)c(-n4nccc4C(F)(F)F)n3)CC2)c1. The number of urea groups is 1. The van der Waals surface area contributed by atoms with E-state index in [-0.39, 0.29) is 37.7 Å². The van der Waals surface area contributed by atoms with Gasteiger partial charge in [0.05, 0.1) is 30.1 Å². The fourth-order valence-electron chi connectivity index (χ4n) is 4.32. The summed E-state index contributed by atoms with van der Waals surface area (Å²) in [5.41, 5.74) is -0.614. The predicted molar refractivity (Wildman–Crippen MR) is 122 cm³/mol. The van der Waals surface area contributed by atoms with Crippen molar-refractivity contribution in [2.75, 3.05) is 31.1 Å². The molecule has 0 spiro atoms. The van der Waals surface area contributed by atoms with Crippen LogP contribution in [0.2, 0.25) is 0 Å². The molecule has 0 N–H and O–H groups in total. The van der Waals surface area contributed by atoms with Crippen LogP contribution >= 0.6 is 0 Å². The van der Waals surface area contributed by atoms with E-state index in [4.69, 9.17) is 5.26 Å². The molecule has 1 aromatic carbocycles. The summed E-state index contributed by atoms with van der Waals surface area (Å²) in [6.07, 6.45) is -1.21. The molecule has 3 aromatic rings. The van der Waals surface area contributed by atoms with Crippen LogP contribution in [0.3, 0.4) is 0 Å². The summed E-state index contributed by atoms with van der Waals surface area (Å²) in [6.45, 7) is 0.803. The number of anilines is 1. The Kier molecular flexibility index (Phi) is 6.39. The highest BCUT2D eigenvalue weighted by molar-refractivity contribution is 5.78. The summed E-state index contributed by atoms with van der Waals surface area (Å²) in [7, 11) is 0. The summed E-state index contributed by atoms with van der Waals surface area (Å²) >= 11 is 0. The molecular weight excluding hydrogens is 513 g/mol. The third-order valence-corrected chi connectivity index (χ3v) is 6.14. The smallest absolute Gasteiger partial charge is 0.337 e. The van der Waals surface area contributed by atoms with Crippen molar-refractivity contribution in [3.63, 3.8) is 0 Å². The second kappa shape index (κ2) is 9.69. The summed E-state index contributed by atoms with van der Waals surface area (Å²) in [6, 6.07) is 5.45. The summed E-state index contributed by atoms with van der Waals surface area (Å²) < 4.78 is 68.5. The lowest BCUT2D eigenvalue weighted by Crippen LogP contribution is -2.52. The third-order valence-electron chi connectivity index (χ3n) is 6.14. The fraction of sp³-hybridized carbons (Fsp3) is 0.304. The lowest BCUT2D eigenvalue weighted by molar-refractivity contribution is -0.142. The first kappa shape index (κ1) is 25.1. The van der Waals surface area contributed by atoms with Gasteiger partial charge in [0.15, 0.2) is 11.6 Å². The quantitative estimate of drug-likeness (QED) is 0.479. The first-order valence-electron chi connectivity index (χ1n) is 11.4. The van der Waals surface area contributed by atoms with Crippen LogP contribution in [0.15, 0.2) is 41.8 Å². The predicted octanol–water partition coefficient (Wildman–Crippen LogP) is 3.51. The second-order valence-corrected chi connectivity index (χ2v) is 8.50. The van der Waals surface area contributed by atoms with Crippen molar-refractivity contribution in [3.05, 3.63) is 65.1 Å². The number of aromatic nitrogens is 4. The van der Waals surface area contributed by atoms with Gasteiger partial charge in [-0.25, -0.2) is 28.3 Å². The average Bonchev–Trinajstić information content (AvgIpc) is 3.59. The van der Waals surface area contributed by atoms with Crippen LogP contribution in [-0.2, 0) is 6.18 Å². The molecule has 15 heteroatoms. The van der Waals surface area contributed by atoms with Crippen molar-refractivity contribution in [1.82, 2.24) is 29.7 Å². The number of halogens is 5. The Morgan fingerprint density at radius 1 is 1.11 bits per heavy atom. The molecule has 1 saturated heterocycles. The van der Waals surface area contributed by atoms with Crippen molar-refractivity contribution in [2.45, 2.75) is 18.6 Å². The number of carbonyl (C=O) groups excluding carboxylic acids is 1. The highest BCUT2D eigenvalue weighted by Crippen LogP contribution is 2.32. The van der Waals surface area contributed by atoms with E-state index >= 15 is 0 Å². The Bertz CT molecular complexity index is 1440. The molecule has 1 fully saturated rings. The highest BCUT2D eigenvalue weighted by Gasteiger charge is 2.37. The van der Waals surface area contributed by atoms with E-state index in [2.05, 4.69) is 20.2 Å². The van der Waals surface area contributed by atoms with Crippen LogP contribution in [0, 0.1) is 23.0 Å². The molecule has 2 aliphatic rings. The number of hydrazone groups is 1. The standard InChI is InChI=1S/C23H18F5N9O/c24-16-10-14(12-29)9-15(11-16)18-1-3-31-36(18)22(38)35-7-5-34(6-8-35)21-30-13-17(25)20(33-21)37-19(2-4-32-37)23(26,27)28/h2-4,9-11,13,18H,1,5-8H2. The Morgan fingerprint density at radius 2 is 1.87 bits per heavy atom. The number of piperazine rings is 1. The number of rotatable bonds is 3. The molecule has 2 aromatic heterocycles. The topological polar surface area (TPSA) is 107 Å². The second-order valence-electron chi connectivity index (χ2n) is 8.50. The molecule has 0 saturated carbocycles. The Morgan fingerprint density at radius 3 is 2.58 bits per heavy atom. The minimum atomic E-state index is -4.77. The van der Waals surface area contributed by atoms with Gasteiger partial charge in [0, 0.05) is 38.8 Å². The van der Waals surface area contributed by atoms with Crippen molar-refractivity contribution in [3.8, 4) is 11.9 Å². The fourth-order valence-corrected chi connectivity index (χ4v) is 4.32. The minimum Gasteiger partial charge on any atom is -0.337 e. The van der Waals surface area contributed by atoms with Gasteiger partial charge in [-0.1, -0.05) is 0 Å². The first-order chi connectivity index (χ1) is 18.2. The van der Waals surface area contributed by atoms with E-state index in [0.717, 1.165) is 18.5 Å². The molecule has 2 aliphatic heterocycles. The molecule has 0 aliphatic carbocycles. The first-order valence-corrected chi connectivity index (χ1v) is 11.4. The summed E-state index contributed by atoms with van der Waals surface area (Å²) in [5, 5.41) is 18.1. The number of nitrogens with zero attached hydrogens (tertiary/aromatic N) is 9. The lowest BCUT2D eigenvalue weighted by atomic mass is 10.0. The van der Waals surface area contributed by atoms with Crippen LogP contribution in [-0.4, -0.2) is 68.1 Å². The molecule has 0 radical (unpaired) electrons. The van der Waals surface area contributed by atoms with Gasteiger partial charge < -0.3 is 9.80 Å². The molecule has 4 heterocycles. The van der Waals surface area contributed by atoms with Crippen LogP contribution in [0.25, 0.3) is 5.82 Å². The van der Waals surface area contributed by atoms with E-state index < -0.39 is 41.4 Å². The van der Waals surface area contributed by atoms with E-state index in [9.17, 15) is 26.7 Å². The van der Waals surface area contributed by atoms with Crippen molar-refractivity contribution in [1.29, 1.82) is 5.26 Å². The van der Waals surface area contributed by atoms with Crippen molar-refractivity contribution < 1.29 is 26.7 Å². The zero-order chi connectivity index (χ0) is 27.0. The van der Waals surface area contributed by atoms with Crippen LogP contribution in [0.1, 0.15) is 29.3 Å². The number of hydrogen-bond donors (Lipinski definition) is 0. The van der Waals surface area contributed by atoms with Crippen molar-refractivity contribution in [2.24, 2.45) is 5.10 Å². The zero-order valence-corrected chi connectivity index (χ0v) is 19.5. The van der Waals surface area contributed by atoms with Gasteiger partial charge in [0.2, 0.25) is 5.95 Å². The number of benzene rings is 1. The summed E-state index contributed by atoms with van der Waals surface area (Å²) in [5.74, 6) is -2.33. The average molecular weight is 531 g/mol. The molecular formula is C23H18F5N9O. The number of hydrogen-bond acceptors (Lipinski definition) is 7. The Balaban J connectivity index is 1.29. The van der Waals surface area contributed by atoms with Gasteiger partial charge in [-0.15, -0.1) is 0 Å². The maximum Gasteiger partial charge on any atom is 0.433 e. The van der Waals surface area contributed by atoms with Crippen LogP contribution in [0.4, 0.5) is 32.7 Å². The van der Waals surface area contributed by atoms with Gasteiger partial charge >= 0.3 is 12.2 Å². The largest absolute Gasteiger partial charge is 0.433 e. The monoisotopic (exact) mass is 531 g/mol. The molecule has 1 atom stereocenters. The number of carbonyl (C=O) groups is 1. The van der Waals surface area contributed by atoms with Crippen LogP contribution in [0.5, 0.6) is 0 Å². The van der Waals surface area contributed by atoms with Crippen molar-refractivity contribution >= 4 is 18.2 Å². The molecule has 38 heavy (non-hydrogen) atoms. The van der Waals surface area contributed by atoms with E-state index in [1.54, 1.807) is 4.90 Å². The van der Waals surface area contributed by atoms with Gasteiger partial charge in [-0.2, -0.15) is 33.6 Å². The molecule has 10 nitrogen and oxygen atoms in total. The van der Waals surface area contributed by atoms with Crippen LogP contribution < -0.4 is 4.90 Å². The maximum absolute atomic E-state index is 14.4. The lowest BCUT2D eigenvalue weighted by Gasteiger charge is -2.37. The van der Waals surface area contributed by atoms with E-state index in [1.165, 1.54) is 28.3 Å². The number of alkyl halides is 3. The third kappa shape index (κ3) is 4.72. The van der Waals surface area contributed by atoms with E-state index in [1.807, 2.05) is 6.07 Å². The number of nitriles is 1. The van der Waals surface area contributed by atoms with Gasteiger partial charge in [0.25, 0.3) is 0 Å². The minimum absolute atomic E-state index is 0.0158. The highest BCUT2D eigenvalue weighted by atomic mass is 19.4. The maximum atomic E-state index is 14.4. The Labute approximate surface area is 212 Å². The van der Waals surface area contributed by atoms with E-state index in [0.29, 0.717) is 22.7 Å². The normalized spacial score (nSPS) is 17.7. The molecule has 196 valence electrons. The number of amides is 2. The summed E-state index contributed by atoms with van der Waals surface area (Å²) in [4.78, 5) is 24.2. The molecule has 0 bridgehead atoms. The molecule has 2 amide bonds. The zero-order valence-electron chi connectivity index (χ0n) is 19.5.